The molecule has 0 saturated heterocycles. The van der Waals surface area contributed by atoms with Gasteiger partial charge in [0.2, 0.25) is 5.17 Å². The van der Waals surface area contributed by atoms with Crippen LogP contribution in [0.1, 0.15) is 31.9 Å². The summed E-state index contributed by atoms with van der Waals surface area (Å²) in [4.78, 5) is 17.0. The number of nitrogens with one attached hydrogen (secondary N) is 1. The van der Waals surface area contributed by atoms with Crippen molar-refractivity contribution in [2.24, 2.45) is 10.1 Å². The normalized spacial score (nSPS) is 17.3. The molecule has 0 unspecified atom stereocenters. The van der Waals surface area contributed by atoms with Gasteiger partial charge in [0.25, 0.3) is 5.91 Å². The second kappa shape index (κ2) is 8.00. The number of carbonyl (C=O) groups is 1. The Balaban J connectivity index is 1.53. The molecule has 0 bridgehead atoms. The topological polar surface area (TPSA) is 73.8 Å². The van der Waals surface area contributed by atoms with Crippen LogP contribution >= 0.6 is 11.8 Å². The molecule has 3 aromatic rings. The lowest BCUT2D eigenvalue weighted by molar-refractivity contribution is -0.114. The average Bonchev–Trinajstić information content (AvgIpc) is 3.41. The van der Waals surface area contributed by atoms with Gasteiger partial charge in [-0.25, -0.2) is 0 Å². The van der Waals surface area contributed by atoms with Crippen molar-refractivity contribution in [1.82, 2.24) is 9.58 Å². The van der Waals surface area contributed by atoms with Crippen LogP contribution in [0.4, 0.5) is 0 Å². The smallest absolute Gasteiger partial charge is 0.283 e. The van der Waals surface area contributed by atoms with E-state index in [1.807, 2.05) is 41.1 Å². The molecule has 2 aliphatic heterocycles. The Bertz CT molecular complexity index is 1290. The Morgan fingerprint density at radius 2 is 1.94 bits per heavy atom. The van der Waals surface area contributed by atoms with Crippen LogP contribution in [0.2, 0.25) is 0 Å². The number of unbranched alkanes of at least 4 members (excludes halogenated alkanes) is 1. The lowest BCUT2D eigenvalue weighted by atomic mass is 10.1. The quantitative estimate of drug-likeness (QED) is 0.551. The second-order valence-corrected chi connectivity index (χ2v) is 8.46. The third kappa shape index (κ3) is 3.51. The minimum atomic E-state index is -0.402. The number of benzene rings is 2. The summed E-state index contributed by atoms with van der Waals surface area (Å²) in [7, 11) is 0. The molecule has 154 valence electrons. The number of aromatic nitrogens is 1. The largest absolute Gasteiger partial charge is 0.317 e. The van der Waals surface area contributed by atoms with E-state index in [9.17, 15) is 4.79 Å². The molecule has 1 aromatic heterocycles. The summed E-state index contributed by atoms with van der Waals surface area (Å²) in [5.41, 5.74) is 2.07. The van der Waals surface area contributed by atoms with Crippen LogP contribution < -0.4 is 0 Å². The fourth-order valence-electron chi connectivity index (χ4n) is 3.76. The minimum absolute atomic E-state index is 0.0691. The summed E-state index contributed by atoms with van der Waals surface area (Å²) < 4.78 is 2.03. The predicted molar refractivity (Wildman–Crippen MR) is 128 cm³/mol. The van der Waals surface area contributed by atoms with Crippen LogP contribution in [0.25, 0.3) is 22.5 Å². The van der Waals surface area contributed by atoms with Gasteiger partial charge >= 0.3 is 0 Å². The first-order valence-corrected chi connectivity index (χ1v) is 11.1. The molecule has 1 amide bonds. The molecule has 3 heterocycles. The third-order valence-electron chi connectivity index (χ3n) is 5.34. The summed E-state index contributed by atoms with van der Waals surface area (Å²) in [6.45, 7) is 2.13. The van der Waals surface area contributed by atoms with Crippen LogP contribution in [-0.4, -0.2) is 31.5 Å². The number of thioether (sulfide) groups is 1. The van der Waals surface area contributed by atoms with Gasteiger partial charge in [-0.3, -0.25) is 10.2 Å². The van der Waals surface area contributed by atoms with Gasteiger partial charge in [-0.15, -0.1) is 0 Å². The number of hydrogen-bond acceptors (Lipinski definition) is 4. The van der Waals surface area contributed by atoms with Crippen molar-refractivity contribution in [2.75, 3.05) is 0 Å². The van der Waals surface area contributed by atoms with Gasteiger partial charge in [0.05, 0.1) is 11.3 Å². The first kappa shape index (κ1) is 19.5. The number of carbonyl (C=O) groups excluding carboxylic acids is 1. The van der Waals surface area contributed by atoms with Crippen molar-refractivity contribution in [2.45, 2.75) is 26.2 Å². The number of fused-ring (bicyclic) bond motifs is 2. The zero-order chi connectivity index (χ0) is 21.4. The van der Waals surface area contributed by atoms with E-state index < -0.39 is 5.91 Å². The van der Waals surface area contributed by atoms with Gasteiger partial charge in [-0.2, -0.15) is 15.1 Å². The molecule has 2 aromatic carbocycles. The molecular weight excluding hydrogens is 406 g/mol. The zero-order valence-electron chi connectivity index (χ0n) is 17.1. The maximum Gasteiger partial charge on any atom is 0.283 e. The maximum absolute atomic E-state index is 12.8. The van der Waals surface area contributed by atoms with E-state index in [0.717, 1.165) is 46.5 Å². The van der Waals surface area contributed by atoms with Crippen LogP contribution in [0.15, 0.2) is 76.5 Å². The van der Waals surface area contributed by atoms with Gasteiger partial charge in [0.15, 0.2) is 5.84 Å². The number of amidine groups is 2. The number of hydrogen-bond donors (Lipinski definition) is 1. The number of rotatable bonds is 5. The van der Waals surface area contributed by atoms with Crippen LogP contribution in [-0.2, 0) is 4.79 Å². The van der Waals surface area contributed by atoms with Gasteiger partial charge in [0.1, 0.15) is 5.04 Å². The van der Waals surface area contributed by atoms with Crippen LogP contribution in [0.3, 0.4) is 0 Å². The number of nitrogens with zero attached hydrogens (tertiary/aromatic N) is 4. The number of aliphatic imine (C=N–C) groups is 1. The highest BCUT2D eigenvalue weighted by Gasteiger charge is 2.35. The van der Waals surface area contributed by atoms with E-state index in [-0.39, 0.29) is 11.4 Å². The Morgan fingerprint density at radius 1 is 1.10 bits per heavy atom. The average molecular weight is 428 g/mol. The fourth-order valence-corrected chi connectivity index (χ4v) is 4.68. The molecule has 2 aliphatic rings. The maximum atomic E-state index is 12.8. The Labute approximate surface area is 184 Å². The molecule has 0 radical (unpaired) electrons. The first-order valence-electron chi connectivity index (χ1n) is 10.3. The lowest BCUT2D eigenvalue weighted by Crippen LogP contribution is -2.35. The number of amides is 1. The Morgan fingerprint density at radius 3 is 2.81 bits per heavy atom. The monoisotopic (exact) mass is 427 g/mol. The molecule has 1 N–H and O–H groups in total. The van der Waals surface area contributed by atoms with Crippen molar-refractivity contribution < 1.29 is 4.79 Å². The second-order valence-electron chi connectivity index (χ2n) is 7.42. The molecule has 5 rings (SSSR count). The predicted octanol–water partition coefficient (Wildman–Crippen LogP) is 5.44. The van der Waals surface area contributed by atoms with E-state index in [1.54, 1.807) is 6.08 Å². The van der Waals surface area contributed by atoms with Crippen LogP contribution in [0.5, 0.6) is 0 Å². The molecule has 31 heavy (non-hydrogen) atoms. The summed E-state index contributed by atoms with van der Waals surface area (Å²) in [6.07, 6.45) is 6.62. The Kier molecular flexibility index (Phi) is 5.03. The summed E-state index contributed by atoms with van der Waals surface area (Å²) >= 11 is 1.39. The molecular formula is C24H21N5OS. The van der Waals surface area contributed by atoms with E-state index in [0.29, 0.717) is 5.17 Å². The highest BCUT2D eigenvalue weighted by molar-refractivity contribution is 8.26. The molecule has 0 spiro atoms. The van der Waals surface area contributed by atoms with E-state index in [1.165, 1.54) is 16.8 Å². The summed E-state index contributed by atoms with van der Waals surface area (Å²) in [5, 5.41) is 18.2. The van der Waals surface area contributed by atoms with Crippen molar-refractivity contribution >= 4 is 50.6 Å². The van der Waals surface area contributed by atoms with Gasteiger partial charge in [-0.05, 0) is 54.3 Å². The fraction of sp³-hybridized carbons (Fsp3) is 0.167. The molecule has 6 nitrogen and oxygen atoms in total. The van der Waals surface area contributed by atoms with Gasteiger partial charge in [0, 0.05) is 17.3 Å². The molecule has 0 atom stereocenters. The van der Waals surface area contributed by atoms with Crippen molar-refractivity contribution in [3.8, 4) is 5.69 Å². The SMILES string of the molecule is CCCCC1=NN2C(=N)/C(=C/c3cccn3-c3cccc4ccccc34)C(=O)N=C2S1. The molecule has 0 saturated carbocycles. The highest BCUT2D eigenvalue weighted by atomic mass is 32.2. The van der Waals surface area contributed by atoms with E-state index in [2.05, 4.69) is 41.3 Å². The van der Waals surface area contributed by atoms with Gasteiger partial charge in [-0.1, -0.05) is 49.7 Å². The van der Waals surface area contributed by atoms with E-state index in [4.69, 9.17) is 5.41 Å². The standard InChI is InChI=1S/C24H21N5OS/c1-2-3-13-21-27-29-22(25)19(23(30)26-24(29)31-21)15-17-10-7-14-28(17)20-12-6-9-16-8-4-5-11-18(16)20/h4-12,14-15,25H,2-3,13H2,1H3/b19-15-,25-22?. The van der Waals surface area contributed by atoms with Crippen LogP contribution in [0, 0.1) is 5.41 Å². The van der Waals surface area contributed by atoms with Crippen molar-refractivity contribution in [1.29, 1.82) is 5.41 Å². The summed E-state index contributed by atoms with van der Waals surface area (Å²) in [5.74, 6) is -0.332. The lowest BCUT2D eigenvalue weighted by Gasteiger charge is -2.20. The van der Waals surface area contributed by atoms with E-state index >= 15 is 0 Å². The molecule has 0 aliphatic carbocycles. The number of hydrazone groups is 1. The molecule has 0 fully saturated rings. The van der Waals surface area contributed by atoms with Gasteiger partial charge < -0.3 is 4.57 Å². The molecule has 7 heteroatoms. The van der Waals surface area contributed by atoms with Crippen molar-refractivity contribution in [3.05, 3.63) is 72.1 Å². The minimum Gasteiger partial charge on any atom is -0.317 e. The van der Waals surface area contributed by atoms with Crippen molar-refractivity contribution in [3.63, 3.8) is 0 Å². The summed E-state index contributed by atoms with van der Waals surface area (Å²) in [6, 6.07) is 18.2. The Hall–Kier alpha value is -3.45. The highest BCUT2D eigenvalue weighted by Crippen LogP contribution is 2.31. The third-order valence-corrected chi connectivity index (χ3v) is 6.31. The zero-order valence-corrected chi connectivity index (χ0v) is 17.9. The first-order chi connectivity index (χ1) is 15.2.